The quantitative estimate of drug-likeness (QED) is 0.847. The number of carbonyl (C=O) groups is 1. The number of nitrogens with one attached hydrogen (secondary N) is 1. The third-order valence-electron chi connectivity index (χ3n) is 5.52. The van der Waals surface area contributed by atoms with Gasteiger partial charge >= 0.3 is 0 Å². The molecular weight excluding hydrogens is 324 g/mol. The summed E-state index contributed by atoms with van der Waals surface area (Å²) >= 11 is 0. The van der Waals surface area contributed by atoms with Crippen molar-refractivity contribution in [3.8, 4) is 0 Å². The Morgan fingerprint density at radius 2 is 1.85 bits per heavy atom. The van der Waals surface area contributed by atoms with E-state index in [-0.39, 0.29) is 11.8 Å². The average Bonchev–Trinajstić information content (AvgIpc) is 2.64. The molecule has 1 aromatic carbocycles. The van der Waals surface area contributed by atoms with Crippen molar-refractivity contribution in [2.75, 3.05) is 26.3 Å². The second-order valence-corrected chi connectivity index (χ2v) is 8.38. The molecule has 1 N–H and O–H groups in total. The van der Waals surface area contributed by atoms with E-state index in [1.165, 1.54) is 11.1 Å². The van der Waals surface area contributed by atoms with Gasteiger partial charge in [-0.25, -0.2) is 0 Å². The monoisotopic (exact) mass is 358 g/mol. The first-order valence-electron chi connectivity index (χ1n) is 10.3. The average molecular weight is 359 g/mol. The molecule has 0 aliphatic carbocycles. The van der Waals surface area contributed by atoms with E-state index in [0.717, 1.165) is 65.0 Å². The maximum absolute atomic E-state index is 12.5. The zero-order chi connectivity index (χ0) is 18.4. The minimum Gasteiger partial charge on any atom is -0.381 e. The van der Waals surface area contributed by atoms with Crippen LogP contribution in [0.25, 0.3) is 0 Å². The normalized spacial score (nSPS) is 22.5. The number of amides is 1. The van der Waals surface area contributed by atoms with Crippen molar-refractivity contribution in [1.82, 2.24) is 10.2 Å². The van der Waals surface area contributed by atoms with Crippen molar-refractivity contribution < 1.29 is 9.53 Å². The third-order valence-corrected chi connectivity index (χ3v) is 5.52. The van der Waals surface area contributed by atoms with Crippen LogP contribution in [0.15, 0.2) is 24.3 Å². The molecule has 2 aliphatic rings. The van der Waals surface area contributed by atoms with Crippen LogP contribution in [0.5, 0.6) is 0 Å². The van der Waals surface area contributed by atoms with Gasteiger partial charge in [-0.05, 0) is 55.7 Å². The molecule has 144 valence electrons. The molecule has 1 atom stereocenters. The molecule has 4 heteroatoms. The molecule has 2 fully saturated rings. The van der Waals surface area contributed by atoms with Crippen LogP contribution in [-0.2, 0) is 22.5 Å². The van der Waals surface area contributed by atoms with Crippen LogP contribution >= 0.6 is 0 Å². The topological polar surface area (TPSA) is 41.6 Å². The van der Waals surface area contributed by atoms with Crippen LogP contribution in [0.1, 0.15) is 50.7 Å². The number of hydrogen-bond donors (Lipinski definition) is 1. The summed E-state index contributed by atoms with van der Waals surface area (Å²) in [5.41, 5.74) is 2.79. The molecular formula is C22H34N2O2. The molecule has 1 aromatic rings. The number of rotatable bonds is 6. The zero-order valence-electron chi connectivity index (χ0n) is 16.4. The number of piperidine rings is 1. The summed E-state index contributed by atoms with van der Waals surface area (Å²) in [6, 6.07) is 9.36. The lowest BCUT2D eigenvalue weighted by atomic mass is 9.97. The number of ether oxygens (including phenoxy) is 1. The maximum atomic E-state index is 12.5. The van der Waals surface area contributed by atoms with Crippen molar-refractivity contribution in [3.05, 3.63) is 35.4 Å². The first-order valence-corrected chi connectivity index (χ1v) is 10.3. The molecule has 0 unspecified atom stereocenters. The molecule has 0 aromatic heterocycles. The summed E-state index contributed by atoms with van der Waals surface area (Å²) in [7, 11) is 0. The van der Waals surface area contributed by atoms with Crippen molar-refractivity contribution in [2.45, 2.75) is 58.5 Å². The van der Waals surface area contributed by atoms with Gasteiger partial charge in [0.1, 0.15) is 0 Å². The fourth-order valence-corrected chi connectivity index (χ4v) is 4.11. The number of benzene rings is 1. The Morgan fingerprint density at radius 1 is 1.15 bits per heavy atom. The summed E-state index contributed by atoms with van der Waals surface area (Å²) < 4.78 is 5.36. The smallest absolute Gasteiger partial charge is 0.223 e. The van der Waals surface area contributed by atoms with E-state index in [0.29, 0.717) is 12.0 Å². The zero-order valence-corrected chi connectivity index (χ0v) is 16.4. The van der Waals surface area contributed by atoms with Gasteiger partial charge in [0.05, 0.1) is 0 Å². The van der Waals surface area contributed by atoms with Crippen molar-refractivity contribution in [1.29, 1.82) is 0 Å². The summed E-state index contributed by atoms with van der Waals surface area (Å²) in [6.45, 7) is 9.03. The summed E-state index contributed by atoms with van der Waals surface area (Å²) in [4.78, 5) is 15.0. The van der Waals surface area contributed by atoms with Crippen LogP contribution in [0.3, 0.4) is 0 Å². The van der Waals surface area contributed by atoms with Crippen LogP contribution in [0.4, 0.5) is 0 Å². The fraction of sp³-hybridized carbons (Fsp3) is 0.682. The van der Waals surface area contributed by atoms with Gasteiger partial charge in [-0.15, -0.1) is 0 Å². The van der Waals surface area contributed by atoms with Gasteiger partial charge in [-0.2, -0.15) is 0 Å². The van der Waals surface area contributed by atoms with E-state index in [1.807, 2.05) is 0 Å². The Morgan fingerprint density at radius 3 is 2.54 bits per heavy atom. The van der Waals surface area contributed by atoms with Crippen molar-refractivity contribution in [2.24, 2.45) is 11.8 Å². The first kappa shape index (κ1) is 19.4. The highest BCUT2D eigenvalue weighted by Crippen LogP contribution is 2.18. The van der Waals surface area contributed by atoms with Gasteiger partial charge in [-0.1, -0.05) is 38.1 Å². The number of likely N-dealkylation sites (tertiary alicyclic amines) is 1. The highest BCUT2D eigenvalue weighted by molar-refractivity contribution is 5.79. The second kappa shape index (κ2) is 9.52. The largest absolute Gasteiger partial charge is 0.381 e. The Bertz CT molecular complexity index is 564. The summed E-state index contributed by atoms with van der Waals surface area (Å²) in [6.07, 6.45) is 5.13. The summed E-state index contributed by atoms with van der Waals surface area (Å²) in [5.74, 6) is 1.08. The van der Waals surface area contributed by atoms with Gasteiger partial charge < -0.3 is 10.1 Å². The molecule has 0 bridgehead atoms. The van der Waals surface area contributed by atoms with Crippen molar-refractivity contribution in [3.63, 3.8) is 0 Å². The van der Waals surface area contributed by atoms with E-state index >= 15 is 0 Å². The van der Waals surface area contributed by atoms with E-state index in [2.05, 4.69) is 48.3 Å². The Labute approximate surface area is 158 Å². The maximum Gasteiger partial charge on any atom is 0.223 e. The SMILES string of the molecule is CC(C)Cc1ccc(CN2CCC[C@H](NC(=O)C3CCOCC3)C2)cc1. The molecule has 3 rings (SSSR count). The van der Waals surface area contributed by atoms with Crippen LogP contribution in [-0.4, -0.2) is 43.2 Å². The molecule has 2 saturated heterocycles. The van der Waals surface area contributed by atoms with E-state index in [1.54, 1.807) is 0 Å². The molecule has 26 heavy (non-hydrogen) atoms. The second-order valence-electron chi connectivity index (χ2n) is 8.38. The lowest BCUT2D eigenvalue weighted by Crippen LogP contribution is -2.49. The Balaban J connectivity index is 1.47. The van der Waals surface area contributed by atoms with Gasteiger partial charge in [-0.3, -0.25) is 9.69 Å². The molecule has 2 aliphatic heterocycles. The molecule has 4 nitrogen and oxygen atoms in total. The van der Waals surface area contributed by atoms with E-state index < -0.39 is 0 Å². The van der Waals surface area contributed by atoms with E-state index in [4.69, 9.17) is 4.74 Å². The van der Waals surface area contributed by atoms with E-state index in [9.17, 15) is 4.79 Å². The van der Waals surface area contributed by atoms with Crippen LogP contribution in [0.2, 0.25) is 0 Å². The standard InChI is InChI=1S/C22H34N2O2/c1-17(2)14-18-5-7-19(8-6-18)15-24-11-3-4-21(16-24)23-22(25)20-9-12-26-13-10-20/h5-8,17,20-21H,3-4,9-16H2,1-2H3,(H,23,25)/t21-/m0/s1. The molecule has 2 heterocycles. The van der Waals surface area contributed by atoms with Crippen molar-refractivity contribution >= 4 is 5.91 Å². The molecule has 0 spiro atoms. The highest BCUT2D eigenvalue weighted by atomic mass is 16.5. The molecule has 1 amide bonds. The predicted molar refractivity (Wildman–Crippen MR) is 105 cm³/mol. The van der Waals surface area contributed by atoms with Gasteiger partial charge in [0.15, 0.2) is 0 Å². The number of carbonyl (C=O) groups excluding carboxylic acids is 1. The Kier molecular flexibility index (Phi) is 7.09. The molecule has 0 saturated carbocycles. The predicted octanol–water partition coefficient (Wildman–Crippen LogP) is 3.39. The highest BCUT2D eigenvalue weighted by Gasteiger charge is 2.26. The number of hydrogen-bond acceptors (Lipinski definition) is 3. The lowest BCUT2D eigenvalue weighted by molar-refractivity contribution is -0.129. The number of nitrogens with zero attached hydrogens (tertiary/aromatic N) is 1. The minimum absolute atomic E-state index is 0.146. The minimum atomic E-state index is 0.146. The van der Waals surface area contributed by atoms with Crippen LogP contribution in [0, 0.1) is 11.8 Å². The van der Waals surface area contributed by atoms with Crippen LogP contribution < -0.4 is 5.32 Å². The fourth-order valence-electron chi connectivity index (χ4n) is 4.11. The Hall–Kier alpha value is -1.39. The van der Waals surface area contributed by atoms with Gasteiger partial charge in [0.2, 0.25) is 5.91 Å². The first-order chi connectivity index (χ1) is 12.6. The third kappa shape index (κ3) is 5.82. The van der Waals surface area contributed by atoms with Gasteiger partial charge in [0, 0.05) is 38.3 Å². The summed E-state index contributed by atoms with van der Waals surface area (Å²) in [5, 5.41) is 3.30. The lowest BCUT2D eigenvalue weighted by Gasteiger charge is -2.34. The molecule has 0 radical (unpaired) electrons. The van der Waals surface area contributed by atoms with Gasteiger partial charge in [0.25, 0.3) is 0 Å².